The Bertz CT molecular complexity index is 893. The molecule has 0 bridgehead atoms. The molecular formula is C24H22O4. The highest BCUT2D eigenvalue weighted by Gasteiger charge is 2.11. The molecule has 0 fully saturated rings. The van der Waals surface area contributed by atoms with Gasteiger partial charge in [-0.1, -0.05) is 59.7 Å². The molecule has 0 atom stereocenters. The smallest absolute Gasteiger partial charge is 0.338 e. The average Bonchev–Trinajstić information content (AvgIpc) is 2.70. The van der Waals surface area contributed by atoms with Gasteiger partial charge in [0.1, 0.15) is 13.2 Å². The van der Waals surface area contributed by atoms with E-state index in [1.807, 2.05) is 62.4 Å². The molecule has 0 aliphatic rings. The van der Waals surface area contributed by atoms with Gasteiger partial charge >= 0.3 is 11.9 Å². The molecule has 4 nitrogen and oxygen atoms in total. The summed E-state index contributed by atoms with van der Waals surface area (Å²) in [5.74, 6) is -0.859. The van der Waals surface area contributed by atoms with Crippen molar-refractivity contribution in [2.45, 2.75) is 27.1 Å². The molecule has 3 rings (SSSR count). The fourth-order valence-electron chi connectivity index (χ4n) is 2.81. The van der Waals surface area contributed by atoms with Crippen LogP contribution in [0.1, 0.15) is 43.0 Å². The number of rotatable bonds is 6. The van der Waals surface area contributed by atoms with Gasteiger partial charge in [0.05, 0.1) is 11.1 Å². The van der Waals surface area contributed by atoms with Gasteiger partial charge in [0.2, 0.25) is 0 Å². The molecule has 142 valence electrons. The summed E-state index contributed by atoms with van der Waals surface area (Å²) in [6.45, 7) is 4.39. The molecule has 0 aromatic heterocycles. The number of carbonyl (C=O) groups excluding carboxylic acids is 2. The second-order valence-corrected chi connectivity index (χ2v) is 6.71. The number of carbonyl (C=O) groups is 2. The number of benzene rings is 3. The lowest BCUT2D eigenvalue weighted by Gasteiger charge is -2.08. The standard InChI is InChI=1S/C24H22O4/c1-17-5-3-7-19(13-17)15-27-23(25)21-9-11-22(12-10-21)24(26)28-16-20-8-4-6-18(2)14-20/h3-14H,15-16H2,1-2H3. The highest BCUT2D eigenvalue weighted by molar-refractivity contribution is 5.93. The molecule has 0 amide bonds. The Morgan fingerprint density at radius 1 is 0.643 bits per heavy atom. The quantitative estimate of drug-likeness (QED) is 0.569. The lowest BCUT2D eigenvalue weighted by atomic mass is 10.1. The summed E-state index contributed by atoms with van der Waals surface area (Å²) < 4.78 is 10.7. The maximum Gasteiger partial charge on any atom is 0.338 e. The highest BCUT2D eigenvalue weighted by atomic mass is 16.5. The molecule has 0 heterocycles. The van der Waals surface area contributed by atoms with Gasteiger partial charge in [-0.15, -0.1) is 0 Å². The number of esters is 2. The third-order valence-electron chi connectivity index (χ3n) is 4.26. The summed E-state index contributed by atoms with van der Waals surface area (Å²) in [5.41, 5.74) is 4.88. The van der Waals surface area contributed by atoms with Crippen LogP contribution >= 0.6 is 0 Å². The Morgan fingerprint density at radius 3 is 1.39 bits per heavy atom. The molecule has 3 aromatic rings. The van der Waals surface area contributed by atoms with Gasteiger partial charge in [-0.2, -0.15) is 0 Å². The van der Waals surface area contributed by atoms with Crippen LogP contribution in [0.5, 0.6) is 0 Å². The first kappa shape index (κ1) is 19.4. The molecule has 0 aliphatic heterocycles. The summed E-state index contributed by atoms with van der Waals surface area (Å²) in [6, 6.07) is 21.9. The number of hydrogen-bond donors (Lipinski definition) is 0. The largest absolute Gasteiger partial charge is 0.457 e. The molecular weight excluding hydrogens is 352 g/mol. The third kappa shape index (κ3) is 5.30. The third-order valence-corrected chi connectivity index (χ3v) is 4.26. The minimum absolute atomic E-state index is 0.209. The Kier molecular flexibility index (Phi) is 6.22. The topological polar surface area (TPSA) is 52.6 Å². The van der Waals surface area contributed by atoms with E-state index in [2.05, 4.69) is 0 Å². The van der Waals surface area contributed by atoms with Crippen molar-refractivity contribution in [1.29, 1.82) is 0 Å². The molecule has 28 heavy (non-hydrogen) atoms. The van der Waals surface area contributed by atoms with Crippen molar-refractivity contribution in [3.8, 4) is 0 Å². The van der Waals surface area contributed by atoms with Gasteiger partial charge in [-0.3, -0.25) is 0 Å². The van der Waals surface area contributed by atoms with Gasteiger partial charge in [-0.25, -0.2) is 9.59 Å². The van der Waals surface area contributed by atoms with Crippen LogP contribution in [0, 0.1) is 13.8 Å². The van der Waals surface area contributed by atoms with Crippen LogP contribution in [0.25, 0.3) is 0 Å². The van der Waals surface area contributed by atoms with Crippen molar-refractivity contribution in [3.63, 3.8) is 0 Å². The van der Waals surface area contributed by atoms with Crippen LogP contribution in [0.15, 0.2) is 72.8 Å². The summed E-state index contributed by atoms with van der Waals surface area (Å²) in [4.78, 5) is 24.4. The van der Waals surface area contributed by atoms with Gasteiger partial charge in [-0.05, 0) is 49.2 Å². The predicted octanol–water partition coefficient (Wildman–Crippen LogP) is 5.02. The van der Waals surface area contributed by atoms with E-state index in [4.69, 9.17) is 9.47 Å². The first-order valence-electron chi connectivity index (χ1n) is 9.07. The van der Waals surface area contributed by atoms with Crippen molar-refractivity contribution >= 4 is 11.9 Å². The summed E-state index contributed by atoms with van der Waals surface area (Å²) in [6.07, 6.45) is 0. The maximum absolute atomic E-state index is 12.2. The van der Waals surface area contributed by atoms with E-state index < -0.39 is 11.9 Å². The Morgan fingerprint density at radius 2 is 1.04 bits per heavy atom. The molecule has 0 radical (unpaired) electrons. The second kappa shape index (κ2) is 9.00. The second-order valence-electron chi connectivity index (χ2n) is 6.71. The van der Waals surface area contributed by atoms with Crippen molar-refractivity contribution in [2.24, 2.45) is 0 Å². The van der Waals surface area contributed by atoms with Crippen LogP contribution in [-0.2, 0) is 22.7 Å². The molecule has 3 aromatic carbocycles. The van der Waals surface area contributed by atoms with Gasteiger partial charge < -0.3 is 9.47 Å². The lowest BCUT2D eigenvalue weighted by molar-refractivity contribution is 0.0458. The normalized spacial score (nSPS) is 10.4. The van der Waals surface area contributed by atoms with Crippen LogP contribution in [0.2, 0.25) is 0 Å². The molecule has 4 heteroatoms. The number of aryl methyl sites for hydroxylation is 2. The van der Waals surface area contributed by atoms with Crippen LogP contribution in [-0.4, -0.2) is 11.9 Å². The lowest BCUT2D eigenvalue weighted by Crippen LogP contribution is -2.08. The zero-order valence-electron chi connectivity index (χ0n) is 16.0. The minimum atomic E-state index is -0.429. The highest BCUT2D eigenvalue weighted by Crippen LogP contribution is 2.12. The number of ether oxygens (including phenoxy) is 2. The van der Waals surface area contributed by atoms with E-state index in [-0.39, 0.29) is 13.2 Å². The number of hydrogen-bond acceptors (Lipinski definition) is 4. The monoisotopic (exact) mass is 374 g/mol. The average molecular weight is 374 g/mol. The fraction of sp³-hybridized carbons (Fsp3) is 0.167. The van der Waals surface area contributed by atoms with E-state index in [1.165, 1.54) is 0 Å². The molecule has 0 saturated heterocycles. The first-order chi connectivity index (χ1) is 13.5. The Balaban J connectivity index is 1.54. The fourth-order valence-corrected chi connectivity index (χ4v) is 2.81. The van der Waals surface area contributed by atoms with Crippen molar-refractivity contribution < 1.29 is 19.1 Å². The van der Waals surface area contributed by atoms with E-state index >= 15 is 0 Å². The first-order valence-corrected chi connectivity index (χ1v) is 9.07. The molecule has 0 N–H and O–H groups in total. The maximum atomic E-state index is 12.2. The van der Waals surface area contributed by atoms with E-state index in [9.17, 15) is 9.59 Å². The van der Waals surface area contributed by atoms with E-state index in [0.717, 1.165) is 22.3 Å². The molecule has 0 spiro atoms. The SMILES string of the molecule is Cc1cccc(COC(=O)c2ccc(C(=O)OCc3cccc(C)c3)cc2)c1. The van der Waals surface area contributed by atoms with Crippen LogP contribution in [0.4, 0.5) is 0 Å². The van der Waals surface area contributed by atoms with E-state index in [0.29, 0.717) is 11.1 Å². The summed E-state index contributed by atoms with van der Waals surface area (Å²) in [7, 11) is 0. The zero-order chi connectivity index (χ0) is 19.9. The summed E-state index contributed by atoms with van der Waals surface area (Å²) >= 11 is 0. The Hall–Kier alpha value is -3.40. The van der Waals surface area contributed by atoms with Gasteiger partial charge in [0.15, 0.2) is 0 Å². The van der Waals surface area contributed by atoms with Crippen molar-refractivity contribution in [2.75, 3.05) is 0 Å². The van der Waals surface area contributed by atoms with Gasteiger partial charge in [0, 0.05) is 0 Å². The molecule has 0 unspecified atom stereocenters. The summed E-state index contributed by atoms with van der Waals surface area (Å²) in [5, 5.41) is 0. The van der Waals surface area contributed by atoms with Crippen molar-refractivity contribution in [3.05, 3.63) is 106 Å². The van der Waals surface area contributed by atoms with Gasteiger partial charge in [0.25, 0.3) is 0 Å². The van der Waals surface area contributed by atoms with E-state index in [1.54, 1.807) is 24.3 Å². The zero-order valence-corrected chi connectivity index (χ0v) is 16.0. The van der Waals surface area contributed by atoms with Crippen LogP contribution in [0.3, 0.4) is 0 Å². The molecule has 0 saturated carbocycles. The van der Waals surface area contributed by atoms with Crippen LogP contribution < -0.4 is 0 Å². The Labute approximate surface area is 164 Å². The predicted molar refractivity (Wildman–Crippen MR) is 107 cm³/mol. The molecule has 0 aliphatic carbocycles. The minimum Gasteiger partial charge on any atom is -0.457 e. The van der Waals surface area contributed by atoms with Crippen molar-refractivity contribution in [1.82, 2.24) is 0 Å².